The van der Waals surface area contributed by atoms with E-state index in [1.165, 1.54) is 36.8 Å². The first-order valence-electron chi connectivity index (χ1n) is 7.96. The van der Waals surface area contributed by atoms with Gasteiger partial charge in [-0.05, 0) is 56.1 Å². The van der Waals surface area contributed by atoms with Gasteiger partial charge in [0.1, 0.15) is 0 Å². The van der Waals surface area contributed by atoms with Crippen LogP contribution in [0.25, 0.3) is 0 Å². The number of ether oxygens (including phenoxy) is 1. The summed E-state index contributed by atoms with van der Waals surface area (Å²) in [5.41, 5.74) is 10.7. The van der Waals surface area contributed by atoms with Crippen molar-refractivity contribution < 1.29 is 4.74 Å². The second-order valence-electron chi connectivity index (χ2n) is 6.12. The van der Waals surface area contributed by atoms with Crippen LogP contribution < -0.4 is 5.73 Å². The lowest BCUT2D eigenvalue weighted by Gasteiger charge is -2.28. The van der Waals surface area contributed by atoms with Gasteiger partial charge in [0, 0.05) is 6.04 Å². The van der Waals surface area contributed by atoms with Crippen molar-refractivity contribution in [3.05, 3.63) is 47.0 Å². The third-order valence-corrected chi connectivity index (χ3v) is 4.52. The molecular formula is C18H25NO. The minimum absolute atomic E-state index is 0.194. The molecule has 2 atom stereocenters. The Morgan fingerprint density at radius 1 is 1.20 bits per heavy atom. The summed E-state index contributed by atoms with van der Waals surface area (Å²) in [7, 11) is 0. The highest BCUT2D eigenvalue weighted by Gasteiger charge is 2.23. The Labute approximate surface area is 122 Å². The van der Waals surface area contributed by atoms with Crippen molar-refractivity contribution in [3.8, 4) is 0 Å². The summed E-state index contributed by atoms with van der Waals surface area (Å²) in [4.78, 5) is 0. The first-order valence-corrected chi connectivity index (χ1v) is 7.96. The Kier molecular flexibility index (Phi) is 4.54. The molecule has 0 saturated carbocycles. The van der Waals surface area contributed by atoms with Crippen LogP contribution in [0.4, 0.5) is 0 Å². The van der Waals surface area contributed by atoms with Crippen molar-refractivity contribution in [2.24, 2.45) is 5.73 Å². The second kappa shape index (κ2) is 6.55. The molecule has 1 aliphatic carbocycles. The van der Waals surface area contributed by atoms with Gasteiger partial charge in [-0.25, -0.2) is 0 Å². The minimum Gasteiger partial charge on any atom is -0.373 e. The molecule has 2 unspecified atom stereocenters. The van der Waals surface area contributed by atoms with Crippen molar-refractivity contribution in [2.75, 3.05) is 6.61 Å². The molecule has 2 heteroatoms. The number of hydrogen-bond donors (Lipinski definition) is 1. The predicted octanol–water partition coefficient (Wildman–Crippen LogP) is 3.91. The average Bonchev–Trinajstić information content (AvgIpc) is 2.48. The highest BCUT2D eigenvalue weighted by atomic mass is 16.5. The van der Waals surface area contributed by atoms with E-state index in [4.69, 9.17) is 10.5 Å². The van der Waals surface area contributed by atoms with Crippen LogP contribution in [0.3, 0.4) is 0 Å². The standard InChI is InChI=1S/C18H25NO/c19-16(12-14-6-2-1-3-7-14)13-18-17-9-5-4-8-15(17)10-11-20-18/h4-6,8-9,16,18H,1-3,7,10-13,19H2. The number of fused-ring (bicyclic) bond motifs is 1. The number of nitrogens with two attached hydrogens (primary N) is 1. The maximum atomic E-state index is 6.37. The fourth-order valence-corrected chi connectivity index (χ4v) is 3.46. The Hall–Kier alpha value is -1.12. The van der Waals surface area contributed by atoms with Crippen LogP contribution >= 0.6 is 0 Å². The Morgan fingerprint density at radius 3 is 2.95 bits per heavy atom. The molecule has 0 amide bonds. The largest absolute Gasteiger partial charge is 0.373 e. The van der Waals surface area contributed by atoms with Gasteiger partial charge in [0.2, 0.25) is 0 Å². The zero-order valence-electron chi connectivity index (χ0n) is 12.2. The molecule has 1 aliphatic heterocycles. The molecule has 3 rings (SSSR count). The SMILES string of the molecule is NC(CC1=CCCCC1)CC1OCCc2ccccc21. The van der Waals surface area contributed by atoms with Crippen LogP contribution in [-0.4, -0.2) is 12.6 Å². The number of benzene rings is 1. The molecule has 0 aromatic heterocycles. The van der Waals surface area contributed by atoms with Crippen molar-refractivity contribution >= 4 is 0 Å². The summed E-state index contributed by atoms with van der Waals surface area (Å²) in [6.07, 6.45) is 10.8. The van der Waals surface area contributed by atoms with E-state index in [0.717, 1.165) is 25.9 Å². The zero-order chi connectivity index (χ0) is 13.8. The van der Waals surface area contributed by atoms with Crippen molar-refractivity contribution in [1.29, 1.82) is 0 Å². The topological polar surface area (TPSA) is 35.2 Å². The molecule has 1 aromatic carbocycles. The van der Waals surface area contributed by atoms with Gasteiger partial charge in [0.25, 0.3) is 0 Å². The van der Waals surface area contributed by atoms with Gasteiger partial charge in [0.05, 0.1) is 12.7 Å². The summed E-state index contributed by atoms with van der Waals surface area (Å²) in [5.74, 6) is 0. The highest BCUT2D eigenvalue weighted by Crippen LogP contribution is 2.31. The average molecular weight is 271 g/mol. The molecule has 0 saturated heterocycles. The normalized spacial score (nSPS) is 23.9. The van der Waals surface area contributed by atoms with Crippen LogP contribution in [0.5, 0.6) is 0 Å². The fraction of sp³-hybridized carbons (Fsp3) is 0.556. The van der Waals surface area contributed by atoms with E-state index >= 15 is 0 Å². The third kappa shape index (κ3) is 3.31. The maximum absolute atomic E-state index is 6.37. The highest BCUT2D eigenvalue weighted by molar-refractivity contribution is 5.31. The molecule has 1 aromatic rings. The quantitative estimate of drug-likeness (QED) is 0.843. The van der Waals surface area contributed by atoms with Crippen molar-refractivity contribution in [1.82, 2.24) is 0 Å². The summed E-state index contributed by atoms with van der Waals surface area (Å²) >= 11 is 0. The van der Waals surface area contributed by atoms with Crippen LogP contribution in [0.2, 0.25) is 0 Å². The number of hydrogen-bond acceptors (Lipinski definition) is 2. The van der Waals surface area contributed by atoms with E-state index < -0.39 is 0 Å². The molecule has 20 heavy (non-hydrogen) atoms. The Bertz CT molecular complexity index is 480. The van der Waals surface area contributed by atoms with Crippen LogP contribution in [-0.2, 0) is 11.2 Å². The van der Waals surface area contributed by atoms with Gasteiger partial charge in [-0.15, -0.1) is 0 Å². The summed E-state index contributed by atoms with van der Waals surface area (Å²) < 4.78 is 5.96. The monoisotopic (exact) mass is 271 g/mol. The van der Waals surface area contributed by atoms with Gasteiger partial charge in [-0.1, -0.05) is 35.9 Å². The first-order chi connectivity index (χ1) is 9.83. The lowest BCUT2D eigenvalue weighted by molar-refractivity contribution is 0.0321. The number of rotatable bonds is 4. The molecule has 108 valence electrons. The minimum atomic E-state index is 0.194. The van der Waals surface area contributed by atoms with E-state index in [2.05, 4.69) is 30.3 Å². The third-order valence-electron chi connectivity index (χ3n) is 4.52. The molecule has 2 N–H and O–H groups in total. The van der Waals surface area contributed by atoms with E-state index in [9.17, 15) is 0 Å². The molecule has 1 heterocycles. The smallest absolute Gasteiger partial charge is 0.0842 e. The Balaban J connectivity index is 1.62. The van der Waals surface area contributed by atoms with E-state index in [1.54, 1.807) is 5.57 Å². The molecule has 0 radical (unpaired) electrons. The van der Waals surface area contributed by atoms with E-state index in [1.807, 2.05) is 0 Å². The lowest BCUT2D eigenvalue weighted by atomic mass is 9.89. The van der Waals surface area contributed by atoms with E-state index in [0.29, 0.717) is 0 Å². The van der Waals surface area contributed by atoms with Gasteiger partial charge in [-0.2, -0.15) is 0 Å². The Morgan fingerprint density at radius 2 is 2.10 bits per heavy atom. The van der Waals surface area contributed by atoms with Gasteiger partial charge >= 0.3 is 0 Å². The molecular weight excluding hydrogens is 246 g/mol. The summed E-state index contributed by atoms with van der Waals surface area (Å²) in [5, 5.41) is 0. The molecule has 0 bridgehead atoms. The number of allylic oxidation sites excluding steroid dienone is 1. The molecule has 2 nitrogen and oxygen atoms in total. The van der Waals surface area contributed by atoms with Crippen LogP contribution in [0, 0.1) is 0 Å². The summed E-state index contributed by atoms with van der Waals surface area (Å²) in [6, 6.07) is 8.87. The van der Waals surface area contributed by atoms with Gasteiger partial charge in [0.15, 0.2) is 0 Å². The predicted molar refractivity (Wildman–Crippen MR) is 82.6 cm³/mol. The molecule has 0 fully saturated rings. The van der Waals surface area contributed by atoms with E-state index in [-0.39, 0.29) is 12.1 Å². The maximum Gasteiger partial charge on any atom is 0.0842 e. The van der Waals surface area contributed by atoms with Crippen LogP contribution in [0.1, 0.15) is 55.8 Å². The van der Waals surface area contributed by atoms with Crippen LogP contribution in [0.15, 0.2) is 35.9 Å². The first kappa shape index (κ1) is 13.8. The molecule has 2 aliphatic rings. The summed E-state index contributed by atoms with van der Waals surface area (Å²) in [6.45, 7) is 0.830. The van der Waals surface area contributed by atoms with Crippen molar-refractivity contribution in [3.63, 3.8) is 0 Å². The second-order valence-corrected chi connectivity index (χ2v) is 6.12. The van der Waals surface area contributed by atoms with Crippen molar-refractivity contribution in [2.45, 2.75) is 57.1 Å². The zero-order valence-corrected chi connectivity index (χ0v) is 12.2. The lowest BCUT2D eigenvalue weighted by Crippen LogP contribution is -2.27. The molecule has 0 spiro atoms. The fourth-order valence-electron chi connectivity index (χ4n) is 3.46. The van der Waals surface area contributed by atoms with Gasteiger partial charge < -0.3 is 10.5 Å². The van der Waals surface area contributed by atoms with Gasteiger partial charge in [-0.3, -0.25) is 0 Å².